The molecule has 1 N–H and O–H groups in total. The lowest BCUT2D eigenvalue weighted by atomic mass is 10.2. The highest BCUT2D eigenvalue weighted by Crippen LogP contribution is 2.43. The van der Waals surface area contributed by atoms with Crippen LogP contribution >= 0.6 is 10.8 Å². The molecule has 19 heavy (non-hydrogen) atoms. The average Bonchev–Trinajstić information content (AvgIpc) is 2.84. The highest BCUT2D eigenvalue weighted by atomic mass is 33.1. The zero-order valence-electron chi connectivity index (χ0n) is 10.9. The minimum atomic E-state index is -1.16. The first-order chi connectivity index (χ1) is 9.04. The van der Waals surface area contributed by atoms with Crippen molar-refractivity contribution in [1.29, 1.82) is 0 Å². The molecule has 7 heteroatoms. The van der Waals surface area contributed by atoms with Gasteiger partial charge in [0.25, 0.3) is 5.91 Å². The minimum Gasteiger partial charge on any atom is -0.320 e. The van der Waals surface area contributed by atoms with E-state index in [0.717, 1.165) is 30.1 Å². The van der Waals surface area contributed by atoms with E-state index in [0.29, 0.717) is 17.0 Å². The van der Waals surface area contributed by atoms with Crippen molar-refractivity contribution in [3.05, 3.63) is 21.7 Å². The molecular weight excluding hydrogens is 284 g/mol. The van der Waals surface area contributed by atoms with Crippen LogP contribution in [0.15, 0.2) is 21.7 Å². The van der Waals surface area contributed by atoms with Crippen LogP contribution in [-0.4, -0.2) is 28.0 Å². The molecule has 0 radical (unpaired) electrons. The summed E-state index contributed by atoms with van der Waals surface area (Å²) in [4.78, 5) is 25.8. The third-order valence-corrected chi connectivity index (χ3v) is 5.43. The molecule has 0 aliphatic carbocycles. The predicted molar refractivity (Wildman–Crippen MR) is 75.9 cm³/mol. The van der Waals surface area contributed by atoms with Gasteiger partial charge in [-0.3, -0.25) is 9.59 Å². The number of carbonyl (C=O) groups excluding carboxylic acids is 2. The zero-order chi connectivity index (χ0) is 14.0. The number of nitrogens with one attached hydrogen (secondary N) is 1. The van der Waals surface area contributed by atoms with Crippen molar-refractivity contribution in [2.24, 2.45) is 0 Å². The quantitative estimate of drug-likeness (QED) is 0.619. The van der Waals surface area contributed by atoms with E-state index in [4.69, 9.17) is 0 Å². The number of unbranched alkanes of at least 4 members (excludes halogenated alkanes) is 2. The van der Waals surface area contributed by atoms with Gasteiger partial charge < -0.3 is 10.2 Å². The Morgan fingerprint density at radius 2 is 2.21 bits per heavy atom. The first kappa shape index (κ1) is 14.3. The molecule has 2 aliphatic heterocycles. The Morgan fingerprint density at radius 3 is 2.89 bits per heavy atom. The molecule has 5 nitrogen and oxygen atoms in total. The lowest BCUT2D eigenvalue weighted by molar-refractivity contribution is -0.126. The maximum absolute atomic E-state index is 12.0. The highest BCUT2D eigenvalue weighted by Gasteiger charge is 2.38. The van der Waals surface area contributed by atoms with Crippen LogP contribution < -0.4 is 5.32 Å². The van der Waals surface area contributed by atoms with Crippen molar-refractivity contribution >= 4 is 32.4 Å². The van der Waals surface area contributed by atoms with Gasteiger partial charge in [0.15, 0.2) is 0 Å². The molecule has 0 bridgehead atoms. The van der Waals surface area contributed by atoms with Crippen LogP contribution in [0.1, 0.15) is 32.6 Å². The molecule has 0 saturated heterocycles. The molecule has 1 atom stereocenters. The first-order valence-electron chi connectivity index (χ1n) is 6.18. The molecule has 2 heterocycles. The molecule has 0 spiro atoms. The maximum atomic E-state index is 12.0. The molecule has 104 valence electrons. The molecule has 0 aromatic heterocycles. The van der Waals surface area contributed by atoms with E-state index >= 15 is 0 Å². The van der Waals surface area contributed by atoms with Gasteiger partial charge in [-0.2, -0.15) is 0 Å². The van der Waals surface area contributed by atoms with E-state index in [1.54, 1.807) is 7.05 Å². The van der Waals surface area contributed by atoms with E-state index in [-0.39, 0.29) is 17.5 Å². The molecular formula is C12H16N2O3S2. The monoisotopic (exact) mass is 300 g/mol. The van der Waals surface area contributed by atoms with Crippen molar-refractivity contribution in [1.82, 2.24) is 10.2 Å². The fourth-order valence-electron chi connectivity index (χ4n) is 1.92. The molecule has 0 aromatic carbocycles. The summed E-state index contributed by atoms with van der Waals surface area (Å²) in [6, 6.07) is 0. The molecule has 0 fully saturated rings. The number of hydrogen-bond donors (Lipinski definition) is 1. The highest BCUT2D eigenvalue weighted by molar-refractivity contribution is 8.72. The van der Waals surface area contributed by atoms with Crippen molar-refractivity contribution in [2.75, 3.05) is 7.05 Å². The third-order valence-electron chi connectivity index (χ3n) is 2.98. The zero-order valence-corrected chi connectivity index (χ0v) is 12.5. The largest absolute Gasteiger partial charge is 0.320 e. The van der Waals surface area contributed by atoms with Gasteiger partial charge in [0.05, 0.1) is 10.6 Å². The standard InChI is InChI=1S/C12H16N2O3S2/c1-3-4-5-6-9(15)13-10-11-8(7-19(17)18-11)14(2)12(10)16/h7H,3-6H2,1-2H3,(H,13,15). The molecule has 1 unspecified atom stereocenters. The minimum absolute atomic E-state index is 0.155. The molecule has 0 aromatic rings. The van der Waals surface area contributed by atoms with E-state index in [1.807, 2.05) is 0 Å². The molecule has 0 saturated carbocycles. The van der Waals surface area contributed by atoms with Crippen LogP contribution in [0, 0.1) is 0 Å². The summed E-state index contributed by atoms with van der Waals surface area (Å²) in [7, 11) is 1.56. The van der Waals surface area contributed by atoms with Crippen LogP contribution in [0.5, 0.6) is 0 Å². The number of rotatable bonds is 5. The summed E-state index contributed by atoms with van der Waals surface area (Å²) >= 11 is 0. The number of likely N-dealkylation sites (N-methyl/N-ethyl adjacent to an activating group) is 1. The van der Waals surface area contributed by atoms with Gasteiger partial charge in [-0.25, -0.2) is 4.21 Å². The van der Waals surface area contributed by atoms with Crippen LogP contribution in [-0.2, 0) is 19.4 Å². The Hall–Kier alpha value is -1.08. The molecule has 2 amide bonds. The summed E-state index contributed by atoms with van der Waals surface area (Å²) in [5.74, 6) is -0.397. The van der Waals surface area contributed by atoms with Crippen molar-refractivity contribution in [3.63, 3.8) is 0 Å². The average molecular weight is 300 g/mol. The van der Waals surface area contributed by atoms with Crippen molar-refractivity contribution in [2.45, 2.75) is 32.6 Å². The second-order valence-electron chi connectivity index (χ2n) is 4.42. The Morgan fingerprint density at radius 1 is 1.47 bits per heavy atom. The van der Waals surface area contributed by atoms with Gasteiger partial charge in [-0.1, -0.05) is 19.8 Å². The molecule has 2 rings (SSSR count). The third kappa shape index (κ3) is 2.92. The second kappa shape index (κ2) is 5.92. The smallest absolute Gasteiger partial charge is 0.275 e. The topological polar surface area (TPSA) is 66.5 Å². The lowest BCUT2D eigenvalue weighted by Crippen LogP contribution is -2.30. The summed E-state index contributed by atoms with van der Waals surface area (Å²) < 4.78 is 11.5. The Bertz CT molecular complexity index is 511. The number of amides is 2. The van der Waals surface area contributed by atoms with Crippen LogP contribution in [0.3, 0.4) is 0 Å². The Kier molecular flexibility index (Phi) is 4.46. The van der Waals surface area contributed by atoms with Crippen LogP contribution in [0.4, 0.5) is 0 Å². The summed E-state index contributed by atoms with van der Waals surface area (Å²) in [5.41, 5.74) is 0.906. The fraction of sp³-hybridized carbons (Fsp3) is 0.500. The van der Waals surface area contributed by atoms with Gasteiger partial charge in [-0.15, -0.1) is 0 Å². The van der Waals surface area contributed by atoms with Gasteiger partial charge in [0, 0.05) is 18.9 Å². The summed E-state index contributed by atoms with van der Waals surface area (Å²) in [6.07, 6.45) is 3.27. The van der Waals surface area contributed by atoms with Crippen LogP contribution in [0.25, 0.3) is 0 Å². The van der Waals surface area contributed by atoms with Gasteiger partial charge >= 0.3 is 0 Å². The SMILES string of the molecule is CCCCCC(=O)NC1=C2SS(=O)C=C2N(C)C1=O. The normalized spacial score (nSPS) is 21.8. The summed E-state index contributed by atoms with van der Waals surface area (Å²) in [6.45, 7) is 2.07. The van der Waals surface area contributed by atoms with Crippen LogP contribution in [0.2, 0.25) is 0 Å². The van der Waals surface area contributed by atoms with E-state index in [1.165, 1.54) is 10.3 Å². The number of nitrogens with zero attached hydrogens (tertiary/aromatic N) is 1. The number of hydrogen-bond acceptors (Lipinski definition) is 4. The van der Waals surface area contributed by atoms with E-state index < -0.39 is 9.83 Å². The van der Waals surface area contributed by atoms with Gasteiger partial charge in [0.2, 0.25) is 5.91 Å². The summed E-state index contributed by atoms with van der Waals surface area (Å²) in [5, 5.41) is 4.20. The van der Waals surface area contributed by atoms with Crippen molar-refractivity contribution < 1.29 is 13.8 Å². The fourth-order valence-corrected chi connectivity index (χ4v) is 4.58. The number of fused-ring (bicyclic) bond motifs is 1. The van der Waals surface area contributed by atoms with Gasteiger partial charge in [-0.05, 0) is 17.2 Å². The second-order valence-corrected chi connectivity index (χ2v) is 7.24. The molecule has 2 aliphatic rings. The van der Waals surface area contributed by atoms with E-state index in [2.05, 4.69) is 12.2 Å². The van der Waals surface area contributed by atoms with Gasteiger partial charge in [0.1, 0.15) is 15.5 Å². The number of carbonyl (C=O) groups is 2. The van der Waals surface area contributed by atoms with Crippen molar-refractivity contribution in [3.8, 4) is 0 Å². The van der Waals surface area contributed by atoms with E-state index in [9.17, 15) is 13.8 Å². The first-order valence-corrected chi connectivity index (χ1v) is 8.72. The predicted octanol–water partition coefficient (Wildman–Crippen LogP) is 1.62. The Balaban J connectivity index is 2.07. The lowest BCUT2D eigenvalue weighted by Gasteiger charge is -2.10. The maximum Gasteiger partial charge on any atom is 0.275 e. The Labute approximate surface area is 118 Å².